The number of halogens is 1. The molecule has 2 amide bonds. The summed E-state index contributed by atoms with van der Waals surface area (Å²) < 4.78 is 11.3. The molecule has 6 nitrogen and oxygen atoms in total. The second kappa shape index (κ2) is 10.8. The van der Waals surface area contributed by atoms with Crippen LogP contribution in [0.4, 0.5) is 5.69 Å². The van der Waals surface area contributed by atoms with Crippen LogP contribution in [0, 0.1) is 0 Å². The first-order chi connectivity index (χ1) is 13.4. The lowest BCUT2D eigenvalue weighted by molar-refractivity contribution is 0.0947. The summed E-state index contributed by atoms with van der Waals surface area (Å²) in [5, 5.41) is 5.64. The molecule has 0 unspecified atom stereocenters. The Bertz CT molecular complexity index is 824. The normalized spacial score (nSPS) is 10.6. The summed E-state index contributed by atoms with van der Waals surface area (Å²) in [6.07, 6.45) is 0.781. The highest BCUT2D eigenvalue weighted by Crippen LogP contribution is 2.27. The quantitative estimate of drug-likeness (QED) is 0.561. The summed E-state index contributed by atoms with van der Waals surface area (Å²) in [4.78, 5) is 24.7. The van der Waals surface area contributed by atoms with Gasteiger partial charge in [0.2, 0.25) is 0 Å². The van der Waals surface area contributed by atoms with Gasteiger partial charge in [-0.1, -0.05) is 6.07 Å². The number of carbonyl (C=O) groups is 2. The highest BCUT2D eigenvalue weighted by molar-refractivity contribution is 9.10. The van der Waals surface area contributed by atoms with E-state index in [1.165, 1.54) is 0 Å². The highest BCUT2D eigenvalue weighted by atomic mass is 79.9. The van der Waals surface area contributed by atoms with Crippen molar-refractivity contribution in [3.63, 3.8) is 0 Å². The molecule has 150 valence electrons. The lowest BCUT2D eigenvalue weighted by Gasteiger charge is -2.13. The molecule has 0 fully saturated rings. The first-order valence-electron chi connectivity index (χ1n) is 9.05. The standard InChI is InChI=1S/C21H25BrN2O4/c1-14(2)28-19-9-8-16(13-18(19)22)21(26)24-17-7-4-6-15(12-17)20(25)23-10-5-11-27-3/h4,6-9,12-14H,5,10-11H2,1-3H3,(H,23,25)(H,24,26). The smallest absolute Gasteiger partial charge is 0.255 e. The number of rotatable bonds is 9. The Hall–Kier alpha value is -2.38. The van der Waals surface area contributed by atoms with Gasteiger partial charge in [0, 0.05) is 37.1 Å². The number of anilines is 1. The zero-order chi connectivity index (χ0) is 20.5. The number of amides is 2. The first-order valence-corrected chi connectivity index (χ1v) is 9.84. The van der Waals surface area contributed by atoms with Crippen LogP contribution in [0.2, 0.25) is 0 Å². The monoisotopic (exact) mass is 448 g/mol. The van der Waals surface area contributed by atoms with E-state index in [9.17, 15) is 9.59 Å². The van der Waals surface area contributed by atoms with E-state index in [-0.39, 0.29) is 17.9 Å². The maximum absolute atomic E-state index is 12.5. The molecule has 2 aromatic carbocycles. The van der Waals surface area contributed by atoms with Gasteiger partial charge in [-0.05, 0) is 72.6 Å². The van der Waals surface area contributed by atoms with Crippen LogP contribution in [0.5, 0.6) is 5.75 Å². The van der Waals surface area contributed by atoms with Crippen molar-refractivity contribution in [2.24, 2.45) is 0 Å². The zero-order valence-electron chi connectivity index (χ0n) is 16.3. The molecule has 0 heterocycles. The van der Waals surface area contributed by atoms with Crippen LogP contribution in [0.25, 0.3) is 0 Å². The molecule has 0 radical (unpaired) electrons. The lowest BCUT2D eigenvalue weighted by atomic mass is 10.1. The number of ether oxygens (including phenoxy) is 2. The molecular formula is C21H25BrN2O4. The van der Waals surface area contributed by atoms with E-state index in [2.05, 4.69) is 26.6 Å². The number of hydrogen-bond donors (Lipinski definition) is 2. The van der Waals surface area contributed by atoms with Gasteiger partial charge in [-0.25, -0.2) is 0 Å². The van der Waals surface area contributed by atoms with Crippen LogP contribution in [0.3, 0.4) is 0 Å². The van der Waals surface area contributed by atoms with Crippen LogP contribution in [0.1, 0.15) is 41.0 Å². The van der Waals surface area contributed by atoms with E-state index in [4.69, 9.17) is 9.47 Å². The Morgan fingerprint density at radius 1 is 1.07 bits per heavy atom. The van der Waals surface area contributed by atoms with Crippen molar-refractivity contribution in [2.75, 3.05) is 25.6 Å². The van der Waals surface area contributed by atoms with E-state index < -0.39 is 0 Å². The minimum absolute atomic E-state index is 0.0411. The summed E-state index contributed by atoms with van der Waals surface area (Å²) in [6.45, 7) is 5.00. The molecule has 2 aromatic rings. The molecule has 0 aliphatic carbocycles. The molecule has 28 heavy (non-hydrogen) atoms. The Kier molecular flexibility index (Phi) is 8.47. The van der Waals surface area contributed by atoms with Gasteiger partial charge in [0.05, 0.1) is 10.6 Å². The maximum Gasteiger partial charge on any atom is 0.255 e. The minimum Gasteiger partial charge on any atom is -0.490 e. The minimum atomic E-state index is -0.269. The molecule has 7 heteroatoms. The predicted octanol–water partition coefficient (Wildman–Crippen LogP) is 4.25. The van der Waals surface area contributed by atoms with Crippen molar-refractivity contribution in [3.8, 4) is 5.75 Å². The molecule has 0 atom stereocenters. The lowest BCUT2D eigenvalue weighted by Crippen LogP contribution is -2.25. The fraction of sp³-hybridized carbons (Fsp3) is 0.333. The summed E-state index contributed by atoms with van der Waals surface area (Å²) in [6, 6.07) is 12.0. The summed E-state index contributed by atoms with van der Waals surface area (Å²) in [5.41, 5.74) is 1.52. The molecule has 2 rings (SSSR count). The molecule has 0 aliphatic rings. The van der Waals surface area contributed by atoms with E-state index in [0.717, 1.165) is 6.42 Å². The summed E-state index contributed by atoms with van der Waals surface area (Å²) in [5.74, 6) is 0.221. The van der Waals surface area contributed by atoms with Crippen LogP contribution in [0.15, 0.2) is 46.9 Å². The fourth-order valence-electron chi connectivity index (χ4n) is 2.45. The summed E-state index contributed by atoms with van der Waals surface area (Å²) in [7, 11) is 1.62. The van der Waals surface area contributed by atoms with Gasteiger partial charge >= 0.3 is 0 Å². The molecule has 2 N–H and O–H groups in total. The number of hydrogen-bond acceptors (Lipinski definition) is 4. The van der Waals surface area contributed by atoms with E-state index >= 15 is 0 Å². The second-order valence-electron chi connectivity index (χ2n) is 6.45. The van der Waals surface area contributed by atoms with E-state index in [0.29, 0.717) is 40.2 Å². The fourth-order valence-corrected chi connectivity index (χ4v) is 2.93. The zero-order valence-corrected chi connectivity index (χ0v) is 17.8. The van der Waals surface area contributed by atoms with Gasteiger partial charge in [0.25, 0.3) is 11.8 Å². The molecular weight excluding hydrogens is 424 g/mol. The van der Waals surface area contributed by atoms with Crippen molar-refractivity contribution in [1.29, 1.82) is 0 Å². The Morgan fingerprint density at radius 3 is 2.50 bits per heavy atom. The topological polar surface area (TPSA) is 76.7 Å². The maximum atomic E-state index is 12.5. The number of carbonyl (C=O) groups excluding carboxylic acids is 2. The van der Waals surface area contributed by atoms with Crippen molar-refractivity contribution >= 4 is 33.4 Å². The number of methoxy groups -OCH3 is 1. The van der Waals surface area contributed by atoms with Crippen molar-refractivity contribution in [1.82, 2.24) is 5.32 Å². The van der Waals surface area contributed by atoms with Gasteiger partial charge in [-0.15, -0.1) is 0 Å². The second-order valence-corrected chi connectivity index (χ2v) is 7.30. The predicted molar refractivity (Wildman–Crippen MR) is 113 cm³/mol. The van der Waals surface area contributed by atoms with Crippen LogP contribution < -0.4 is 15.4 Å². The van der Waals surface area contributed by atoms with Crippen LogP contribution in [-0.4, -0.2) is 38.2 Å². The molecule has 0 spiro atoms. The third-order valence-corrected chi connectivity index (χ3v) is 4.37. The molecule has 0 saturated heterocycles. The van der Waals surface area contributed by atoms with Crippen molar-refractivity contribution < 1.29 is 19.1 Å². The molecule has 0 bridgehead atoms. The molecule has 0 saturated carbocycles. The largest absolute Gasteiger partial charge is 0.490 e. The SMILES string of the molecule is COCCCNC(=O)c1cccc(NC(=O)c2ccc(OC(C)C)c(Br)c2)c1. The first kappa shape index (κ1) is 21.9. The Labute approximate surface area is 173 Å². The van der Waals surface area contributed by atoms with Crippen molar-refractivity contribution in [3.05, 3.63) is 58.1 Å². The van der Waals surface area contributed by atoms with Gasteiger partial charge in [0.1, 0.15) is 5.75 Å². The Balaban J connectivity index is 2.02. The molecule has 0 aromatic heterocycles. The van der Waals surface area contributed by atoms with Gasteiger partial charge in [-0.2, -0.15) is 0 Å². The van der Waals surface area contributed by atoms with Gasteiger partial charge in [0.15, 0.2) is 0 Å². The van der Waals surface area contributed by atoms with Crippen LogP contribution in [-0.2, 0) is 4.74 Å². The van der Waals surface area contributed by atoms with Crippen molar-refractivity contribution in [2.45, 2.75) is 26.4 Å². The third-order valence-electron chi connectivity index (χ3n) is 3.75. The average Bonchev–Trinajstić information content (AvgIpc) is 2.66. The highest BCUT2D eigenvalue weighted by Gasteiger charge is 2.12. The van der Waals surface area contributed by atoms with E-state index in [1.54, 1.807) is 49.6 Å². The Morgan fingerprint density at radius 2 is 1.82 bits per heavy atom. The number of nitrogens with one attached hydrogen (secondary N) is 2. The van der Waals surface area contributed by atoms with Crippen LogP contribution >= 0.6 is 15.9 Å². The summed E-state index contributed by atoms with van der Waals surface area (Å²) >= 11 is 3.43. The van der Waals surface area contributed by atoms with Gasteiger partial charge < -0.3 is 20.1 Å². The van der Waals surface area contributed by atoms with Gasteiger partial charge in [-0.3, -0.25) is 9.59 Å². The van der Waals surface area contributed by atoms with E-state index in [1.807, 2.05) is 13.8 Å². The average molecular weight is 449 g/mol. The number of benzene rings is 2. The third kappa shape index (κ3) is 6.65. The molecule has 0 aliphatic heterocycles.